The molecule has 2 atom stereocenters. The molecule has 1 N–H and O–H groups in total. The summed E-state index contributed by atoms with van der Waals surface area (Å²) >= 11 is 0. The van der Waals surface area contributed by atoms with Crippen LogP contribution in [-0.2, 0) is 4.79 Å². The van der Waals surface area contributed by atoms with Gasteiger partial charge < -0.3 is 4.90 Å². The summed E-state index contributed by atoms with van der Waals surface area (Å²) in [4.78, 5) is 15.0. The fraction of sp³-hybridized carbons (Fsp3) is 0.944. The Labute approximate surface area is 130 Å². The molecule has 0 spiro atoms. The maximum Gasteiger partial charge on any atom is 0.241 e. The highest BCUT2D eigenvalue weighted by atomic mass is 16.2. The second-order valence-electron chi connectivity index (χ2n) is 7.68. The van der Waals surface area contributed by atoms with E-state index in [1.165, 1.54) is 32.1 Å². The van der Waals surface area contributed by atoms with Crippen LogP contribution in [-0.4, -0.2) is 29.6 Å². The van der Waals surface area contributed by atoms with Crippen molar-refractivity contribution >= 4 is 5.91 Å². The molecule has 1 saturated heterocycles. The molecule has 1 aliphatic carbocycles. The summed E-state index contributed by atoms with van der Waals surface area (Å²) in [5.74, 6) is 0.933. The van der Waals surface area contributed by atoms with Crippen molar-refractivity contribution in [1.82, 2.24) is 10.2 Å². The summed E-state index contributed by atoms with van der Waals surface area (Å²) in [7, 11) is 0. The molecule has 21 heavy (non-hydrogen) atoms. The van der Waals surface area contributed by atoms with E-state index in [4.69, 9.17) is 0 Å². The molecule has 2 rings (SSSR count). The van der Waals surface area contributed by atoms with Gasteiger partial charge in [0.1, 0.15) is 0 Å². The van der Waals surface area contributed by atoms with Crippen molar-refractivity contribution in [3.8, 4) is 0 Å². The van der Waals surface area contributed by atoms with Crippen molar-refractivity contribution in [2.75, 3.05) is 6.54 Å². The Morgan fingerprint density at radius 1 is 1.29 bits per heavy atom. The Bertz CT molecular complexity index is 347. The van der Waals surface area contributed by atoms with Crippen molar-refractivity contribution in [2.45, 2.75) is 91.3 Å². The van der Waals surface area contributed by atoms with Gasteiger partial charge in [0.05, 0.1) is 12.2 Å². The quantitative estimate of drug-likeness (QED) is 0.771. The Hall–Kier alpha value is -0.570. The maximum atomic E-state index is 12.8. The van der Waals surface area contributed by atoms with Crippen LogP contribution in [0.3, 0.4) is 0 Å². The first-order valence-electron chi connectivity index (χ1n) is 9.08. The molecule has 0 aromatic heterocycles. The van der Waals surface area contributed by atoms with Gasteiger partial charge in [0.25, 0.3) is 0 Å². The number of carbonyl (C=O) groups excluding carboxylic acids is 1. The first-order chi connectivity index (χ1) is 10.0. The average molecular weight is 294 g/mol. The molecule has 3 nitrogen and oxygen atoms in total. The molecule has 0 aromatic carbocycles. The standard InChI is InChI=1S/C18H34N2O/c1-5-9-16-19-15(12-14(3)4)17(21)20(16)13-18(6-2)10-7-8-11-18/h14-16,19H,5-13H2,1-4H3. The van der Waals surface area contributed by atoms with Gasteiger partial charge in [-0.2, -0.15) is 0 Å². The third-order valence-corrected chi connectivity index (χ3v) is 5.54. The van der Waals surface area contributed by atoms with Gasteiger partial charge in [0.15, 0.2) is 0 Å². The lowest BCUT2D eigenvalue weighted by molar-refractivity contribution is -0.132. The summed E-state index contributed by atoms with van der Waals surface area (Å²) in [6, 6.07) is 0.0526. The molecule has 1 saturated carbocycles. The first-order valence-corrected chi connectivity index (χ1v) is 9.08. The molecular formula is C18H34N2O. The van der Waals surface area contributed by atoms with Gasteiger partial charge in [0, 0.05) is 6.54 Å². The average Bonchev–Trinajstić information content (AvgIpc) is 3.01. The lowest BCUT2D eigenvalue weighted by Gasteiger charge is -2.35. The maximum absolute atomic E-state index is 12.8. The van der Waals surface area contributed by atoms with E-state index in [2.05, 4.69) is 37.9 Å². The molecular weight excluding hydrogens is 260 g/mol. The third-order valence-electron chi connectivity index (χ3n) is 5.54. The van der Waals surface area contributed by atoms with Crippen LogP contribution in [0.4, 0.5) is 0 Å². The lowest BCUT2D eigenvalue weighted by atomic mass is 9.82. The highest BCUT2D eigenvalue weighted by Crippen LogP contribution is 2.42. The van der Waals surface area contributed by atoms with E-state index < -0.39 is 0 Å². The van der Waals surface area contributed by atoms with Gasteiger partial charge in [-0.05, 0) is 43.4 Å². The van der Waals surface area contributed by atoms with E-state index in [0.717, 1.165) is 25.8 Å². The van der Waals surface area contributed by atoms with E-state index >= 15 is 0 Å². The van der Waals surface area contributed by atoms with E-state index in [1.807, 2.05) is 0 Å². The van der Waals surface area contributed by atoms with Gasteiger partial charge in [0.2, 0.25) is 5.91 Å². The highest BCUT2D eigenvalue weighted by Gasteiger charge is 2.43. The van der Waals surface area contributed by atoms with Gasteiger partial charge in [-0.25, -0.2) is 0 Å². The van der Waals surface area contributed by atoms with Crippen LogP contribution >= 0.6 is 0 Å². The lowest BCUT2D eigenvalue weighted by Crippen LogP contribution is -2.43. The molecule has 0 bridgehead atoms. The zero-order chi connectivity index (χ0) is 15.5. The summed E-state index contributed by atoms with van der Waals surface area (Å²) in [5.41, 5.74) is 0.399. The summed E-state index contributed by atoms with van der Waals surface area (Å²) < 4.78 is 0. The van der Waals surface area contributed by atoms with Crippen molar-refractivity contribution in [3.05, 3.63) is 0 Å². The zero-order valence-electron chi connectivity index (χ0n) is 14.5. The summed E-state index contributed by atoms with van der Waals surface area (Å²) in [5, 5.41) is 3.61. The van der Waals surface area contributed by atoms with Gasteiger partial charge >= 0.3 is 0 Å². The van der Waals surface area contributed by atoms with E-state index in [1.54, 1.807) is 0 Å². The molecule has 2 aliphatic rings. The number of nitrogens with one attached hydrogen (secondary N) is 1. The van der Waals surface area contributed by atoms with E-state index in [0.29, 0.717) is 17.2 Å². The minimum atomic E-state index is 0.0526. The van der Waals surface area contributed by atoms with E-state index in [-0.39, 0.29) is 12.2 Å². The van der Waals surface area contributed by atoms with Crippen LogP contribution < -0.4 is 5.32 Å². The summed E-state index contributed by atoms with van der Waals surface area (Å²) in [6.45, 7) is 9.91. The van der Waals surface area contributed by atoms with Crippen molar-refractivity contribution in [1.29, 1.82) is 0 Å². The van der Waals surface area contributed by atoms with Gasteiger partial charge in [-0.3, -0.25) is 10.1 Å². The zero-order valence-corrected chi connectivity index (χ0v) is 14.5. The first kappa shape index (κ1) is 16.8. The monoisotopic (exact) mass is 294 g/mol. The summed E-state index contributed by atoms with van der Waals surface area (Å²) in [6.07, 6.45) is 9.97. The predicted molar refractivity (Wildman–Crippen MR) is 88.0 cm³/mol. The van der Waals surface area contributed by atoms with E-state index in [9.17, 15) is 4.79 Å². The molecule has 1 amide bonds. The minimum Gasteiger partial charge on any atom is -0.325 e. The minimum absolute atomic E-state index is 0.0526. The Kier molecular flexibility index (Phi) is 5.70. The predicted octanol–water partition coefficient (Wildman–Crippen LogP) is 3.93. The Morgan fingerprint density at radius 2 is 1.95 bits per heavy atom. The highest BCUT2D eigenvalue weighted by molar-refractivity contribution is 5.84. The van der Waals surface area contributed by atoms with Crippen LogP contribution in [0.15, 0.2) is 0 Å². The van der Waals surface area contributed by atoms with Crippen molar-refractivity contribution in [2.24, 2.45) is 11.3 Å². The van der Waals surface area contributed by atoms with Crippen molar-refractivity contribution in [3.63, 3.8) is 0 Å². The Morgan fingerprint density at radius 3 is 2.48 bits per heavy atom. The molecule has 1 aliphatic heterocycles. The number of rotatable bonds is 7. The molecule has 2 unspecified atom stereocenters. The molecule has 0 aromatic rings. The third kappa shape index (κ3) is 3.80. The second kappa shape index (κ2) is 7.13. The molecule has 1 heterocycles. The van der Waals surface area contributed by atoms with Crippen molar-refractivity contribution < 1.29 is 4.79 Å². The number of amides is 1. The molecule has 122 valence electrons. The van der Waals surface area contributed by atoms with Crippen LogP contribution in [0.25, 0.3) is 0 Å². The number of hydrogen-bond acceptors (Lipinski definition) is 2. The fourth-order valence-electron chi connectivity index (χ4n) is 4.20. The smallest absolute Gasteiger partial charge is 0.241 e. The molecule has 3 heteroatoms. The molecule has 2 fully saturated rings. The number of hydrogen-bond donors (Lipinski definition) is 1. The number of nitrogens with zero attached hydrogens (tertiary/aromatic N) is 1. The normalized spacial score (nSPS) is 28.8. The Balaban J connectivity index is 2.08. The van der Waals surface area contributed by atoms with Crippen LogP contribution in [0.2, 0.25) is 0 Å². The van der Waals surface area contributed by atoms with Crippen LogP contribution in [0.5, 0.6) is 0 Å². The van der Waals surface area contributed by atoms with Crippen LogP contribution in [0.1, 0.15) is 79.1 Å². The molecule has 0 radical (unpaired) electrons. The topological polar surface area (TPSA) is 32.3 Å². The van der Waals surface area contributed by atoms with Gasteiger partial charge in [-0.15, -0.1) is 0 Å². The largest absolute Gasteiger partial charge is 0.325 e. The van der Waals surface area contributed by atoms with Gasteiger partial charge in [-0.1, -0.05) is 47.0 Å². The SMILES string of the molecule is CCCC1NC(CC(C)C)C(=O)N1CC1(CC)CCCC1. The fourth-order valence-corrected chi connectivity index (χ4v) is 4.20. The second-order valence-corrected chi connectivity index (χ2v) is 7.68. The number of carbonyl (C=O) groups is 1. The van der Waals surface area contributed by atoms with Crippen LogP contribution in [0, 0.1) is 11.3 Å².